The van der Waals surface area contributed by atoms with Crippen molar-refractivity contribution < 1.29 is 17.9 Å². The Morgan fingerprint density at radius 3 is 2.55 bits per heavy atom. The normalized spacial score (nSPS) is 15.6. The van der Waals surface area contributed by atoms with Crippen LogP contribution in [0.1, 0.15) is 41.3 Å². The van der Waals surface area contributed by atoms with Crippen molar-refractivity contribution in [1.82, 2.24) is 14.9 Å². The standard InChI is InChI=1S/C23H31N3O4S/c1-4-24-31(28,29)20-10-9-17(2)21(15-20)23(27)25-19-11-13-26(14-12-19)16-18-7-5-6-8-22(18)30-3/h5-10,15,19,24H,4,11-14,16H2,1-3H3,(H,25,27). The van der Waals surface area contributed by atoms with Gasteiger partial charge in [-0.2, -0.15) is 0 Å². The first kappa shape index (κ1) is 23.2. The van der Waals surface area contributed by atoms with E-state index < -0.39 is 10.0 Å². The molecule has 8 heteroatoms. The Labute approximate surface area is 184 Å². The van der Waals surface area contributed by atoms with Crippen LogP contribution in [0.4, 0.5) is 0 Å². The molecular formula is C23H31N3O4S. The second-order valence-electron chi connectivity index (χ2n) is 7.81. The number of amides is 1. The van der Waals surface area contributed by atoms with Crippen molar-refractivity contribution in [2.75, 3.05) is 26.7 Å². The number of piperidine rings is 1. The van der Waals surface area contributed by atoms with Crippen molar-refractivity contribution in [2.45, 2.75) is 44.2 Å². The average Bonchev–Trinajstić information content (AvgIpc) is 2.75. The first-order valence-corrected chi connectivity index (χ1v) is 12.1. The minimum Gasteiger partial charge on any atom is -0.496 e. The first-order valence-electron chi connectivity index (χ1n) is 10.6. The van der Waals surface area contributed by atoms with Crippen molar-refractivity contribution >= 4 is 15.9 Å². The fraction of sp³-hybridized carbons (Fsp3) is 0.435. The second-order valence-corrected chi connectivity index (χ2v) is 9.58. The highest BCUT2D eigenvalue weighted by Crippen LogP contribution is 2.22. The zero-order chi connectivity index (χ0) is 22.4. The fourth-order valence-corrected chi connectivity index (χ4v) is 4.93. The molecule has 0 bridgehead atoms. The molecule has 0 aromatic heterocycles. The van der Waals surface area contributed by atoms with Gasteiger partial charge in [0.2, 0.25) is 10.0 Å². The van der Waals surface area contributed by atoms with Crippen LogP contribution in [0.25, 0.3) is 0 Å². The van der Waals surface area contributed by atoms with E-state index in [9.17, 15) is 13.2 Å². The molecule has 1 saturated heterocycles. The summed E-state index contributed by atoms with van der Waals surface area (Å²) in [6.07, 6.45) is 1.69. The van der Waals surface area contributed by atoms with Gasteiger partial charge in [-0.25, -0.2) is 13.1 Å². The molecule has 0 spiro atoms. The predicted octanol–water partition coefficient (Wildman–Crippen LogP) is 2.70. The number of aryl methyl sites for hydroxylation is 1. The molecular weight excluding hydrogens is 414 g/mol. The van der Waals surface area contributed by atoms with E-state index in [2.05, 4.69) is 21.0 Å². The summed E-state index contributed by atoms with van der Waals surface area (Å²) in [6.45, 7) is 6.39. The zero-order valence-corrected chi connectivity index (χ0v) is 19.2. The minimum atomic E-state index is -3.61. The number of nitrogens with zero attached hydrogens (tertiary/aromatic N) is 1. The number of para-hydroxylation sites is 1. The first-order chi connectivity index (χ1) is 14.8. The van der Waals surface area contributed by atoms with Gasteiger partial charge in [-0.15, -0.1) is 0 Å². The topological polar surface area (TPSA) is 87.7 Å². The summed E-state index contributed by atoms with van der Waals surface area (Å²) in [7, 11) is -1.92. The summed E-state index contributed by atoms with van der Waals surface area (Å²) < 4.78 is 32.5. The van der Waals surface area contributed by atoms with Crippen molar-refractivity contribution in [3.63, 3.8) is 0 Å². The Hall–Kier alpha value is -2.42. The van der Waals surface area contributed by atoms with Gasteiger partial charge >= 0.3 is 0 Å². The van der Waals surface area contributed by atoms with Gasteiger partial charge in [0.25, 0.3) is 5.91 Å². The van der Waals surface area contributed by atoms with Crippen LogP contribution in [0.5, 0.6) is 5.75 Å². The minimum absolute atomic E-state index is 0.0647. The lowest BCUT2D eigenvalue weighted by atomic mass is 10.0. The number of likely N-dealkylation sites (tertiary alicyclic amines) is 1. The summed E-state index contributed by atoms with van der Waals surface area (Å²) in [5.74, 6) is 0.662. The number of hydrogen-bond acceptors (Lipinski definition) is 5. The van der Waals surface area contributed by atoms with Crippen LogP contribution in [-0.4, -0.2) is 52.0 Å². The molecule has 1 amide bonds. The van der Waals surface area contributed by atoms with Crippen molar-refractivity contribution in [3.8, 4) is 5.75 Å². The number of methoxy groups -OCH3 is 1. The van der Waals surface area contributed by atoms with Gasteiger partial charge in [-0.05, 0) is 43.5 Å². The molecule has 0 atom stereocenters. The van der Waals surface area contributed by atoms with Crippen LogP contribution < -0.4 is 14.8 Å². The number of benzene rings is 2. The van der Waals surface area contributed by atoms with Crippen LogP contribution in [-0.2, 0) is 16.6 Å². The molecule has 0 unspecified atom stereocenters. The van der Waals surface area contributed by atoms with Gasteiger partial charge in [0.05, 0.1) is 12.0 Å². The average molecular weight is 446 g/mol. The van der Waals surface area contributed by atoms with Crippen LogP contribution in [0.15, 0.2) is 47.4 Å². The molecule has 3 rings (SSSR count). The van der Waals surface area contributed by atoms with Gasteiger partial charge in [-0.3, -0.25) is 9.69 Å². The number of hydrogen-bond donors (Lipinski definition) is 2. The van der Waals surface area contributed by atoms with Crippen molar-refractivity contribution in [2.24, 2.45) is 0 Å². The summed E-state index contributed by atoms with van der Waals surface area (Å²) in [5, 5.41) is 3.09. The largest absolute Gasteiger partial charge is 0.496 e. The van der Waals surface area contributed by atoms with E-state index >= 15 is 0 Å². The molecule has 7 nitrogen and oxygen atoms in total. The lowest BCUT2D eigenvalue weighted by Gasteiger charge is -2.32. The van der Waals surface area contributed by atoms with Gasteiger partial charge in [0.1, 0.15) is 5.75 Å². The van der Waals surface area contributed by atoms with E-state index in [1.165, 1.54) is 12.1 Å². The summed E-state index contributed by atoms with van der Waals surface area (Å²) in [6, 6.07) is 12.7. The van der Waals surface area contributed by atoms with Gasteiger partial charge in [-0.1, -0.05) is 31.2 Å². The smallest absolute Gasteiger partial charge is 0.251 e. The molecule has 0 aliphatic carbocycles. The van der Waals surface area contributed by atoms with Crippen LogP contribution in [0, 0.1) is 6.92 Å². The molecule has 2 aromatic rings. The van der Waals surface area contributed by atoms with Gasteiger partial charge in [0.15, 0.2) is 0 Å². The van der Waals surface area contributed by atoms with E-state index in [-0.39, 0.29) is 16.8 Å². The van der Waals surface area contributed by atoms with Crippen LogP contribution >= 0.6 is 0 Å². The number of carbonyl (C=O) groups is 1. The molecule has 0 saturated carbocycles. The molecule has 31 heavy (non-hydrogen) atoms. The Morgan fingerprint density at radius 1 is 1.16 bits per heavy atom. The highest BCUT2D eigenvalue weighted by molar-refractivity contribution is 7.89. The molecule has 1 aliphatic rings. The van der Waals surface area contributed by atoms with E-state index in [4.69, 9.17) is 4.74 Å². The lowest BCUT2D eigenvalue weighted by Crippen LogP contribution is -2.44. The number of ether oxygens (including phenoxy) is 1. The maximum Gasteiger partial charge on any atom is 0.251 e. The Bertz CT molecular complexity index is 1020. The quantitative estimate of drug-likeness (QED) is 0.652. The zero-order valence-electron chi connectivity index (χ0n) is 18.3. The second kappa shape index (κ2) is 10.3. The Balaban J connectivity index is 1.60. The highest BCUT2D eigenvalue weighted by Gasteiger charge is 2.23. The molecule has 1 fully saturated rings. The van der Waals surface area contributed by atoms with Crippen LogP contribution in [0.2, 0.25) is 0 Å². The lowest BCUT2D eigenvalue weighted by molar-refractivity contribution is 0.0908. The molecule has 168 valence electrons. The van der Waals surface area contributed by atoms with Gasteiger partial charge in [0, 0.05) is 43.3 Å². The van der Waals surface area contributed by atoms with E-state index in [0.717, 1.165) is 49.4 Å². The number of sulfonamides is 1. The third-order valence-corrected chi connectivity index (χ3v) is 7.15. The Kier molecular flexibility index (Phi) is 7.69. The van der Waals surface area contributed by atoms with Crippen LogP contribution in [0.3, 0.4) is 0 Å². The molecule has 2 aromatic carbocycles. The molecule has 1 aliphatic heterocycles. The van der Waals surface area contributed by atoms with E-state index in [0.29, 0.717) is 12.1 Å². The summed E-state index contributed by atoms with van der Waals surface area (Å²) in [4.78, 5) is 15.3. The van der Waals surface area contributed by atoms with Gasteiger partial charge < -0.3 is 10.1 Å². The summed E-state index contributed by atoms with van der Waals surface area (Å²) in [5.41, 5.74) is 2.30. The molecule has 2 N–H and O–H groups in total. The fourth-order valence-electron chi connectivity index (χ4n) is 3.86. The molecule has 0 radical (unpaired) electrons. The number of rotatable bonds is 8. The van der Waals surface area contributed by atoms with Crippen molar-refractivity contribution in [3.05, 3.63) is 59.2 Å². The van der Waals surface area contributed by atoms with Crippen molar-refractivity contribution in [1.29, 1.82) is 0 Å². The molecule has 1 heterocycles. The SMILES string of the molecule is CCNS(=O)(=O)c1ccc(C)c(C(=O)NC2CCN(Cc3ccccc3OC)CC2)c1. The van der Waals surface area contributed by atoms with E-state index in [1.807, 2.05) is 25.1 Å². The maximum atomic E-state index is 12.9. The highest BCUT2D eigenvalue weighted by atomic mass is 32.2. The van der Waals surface area contributed by atoms with E-state index in [1.54, 1.807) is 20.1 Å². The number of nitrogens with one attached hydrogen (secondary N) is 2. The third-order valence-electron chi connectivity index (χ3n) is 5.61. The Morgan fingerprint density at radius 2 is 1.87 bits per heavy atom. The monoisotopic (exact) mass is 445 g/mol. The number of carbonyl (C=O) groups excluding carboxylic acids is 1. The summed E-state index contributed by atoms with van der Waals surface area (Å²) >= 11 is 0. The predicted molar refractivity (Wildman–Crippen MR) is 121 cm³/mol. The third kappa shape index (κ3) is 5.84. The maximum absolute atomic E-state index is 12.9.